The quantitative estimate of drug-likeness (QED) is 0.571. The minimum absolute atomic E-state index is 0.407. The second kappa shape index (κ2) is 15.9. The van der Waals surface area contributed by atoms with Gasteiger partial charge in [-0.25, -0.2) is 20.4 Å². The van der Waals surface area contributed by atoms with E-state index in [1.54, 1.807) is 0 Å². The highest BCUT2D eigenvalue weighted by Crippen LogP contribution is 2.07. The molecule has 0 aromatic carbocycles. The molecule has 92 valence electrons. The molecule has 0 atom stereocenters. The van der Waals surface area contributed by atoms with Crippen molar-refractivity contribution in [3.63, 3.8) is 0 Å². The predicted molar refractivity (Wildman–Crippen MR) is 60.7 cm³/mol. The third-order valence-electron chi connectivity index (χ3n) is 1.27. The lowest BCUT2D eigenvalue weighted by Crippen LogP contribution is -2.05. The van der Waals surface area contributed by atoms with Crippen LogP contribution in [0, 0.1) is 22.7 Å². The van der Waals surface area contributed by atoms with Crippen LogP contribution in [-0.4, -0.2) is 17.9 Å². The lowest BCUT2D eigenvalue weighted by atomic mass is 10.00. The Balaban J connectivity index is -0.000000235. The van der Waals surface area contributed by atoms with Crippen LogP contribution >= 0.6 is 0 Å². The second-order valence-corrected chi connectivity index (χ2v) is 3.94. The largest absolute Gasteiger partial charge is 0.300 e. The van der Waals surface area contributed by atoms with E-state index in [4.69, 9.17) is 20.4 Å². The summed E-state index contributed by atoms with van der Waals surface area (Å²) in [6.07, 6.45) is 3.00. The third-order valence-corrected chi connectivity index (χ3v) is 1.27. The molecular formula is C11H20N2O3. The molecular weight excluding hydrogens is 208 g/mol. The molecule has 0 bridgehead atoms. The molecule has 0 heterocycles. The van der Waals surface area contributed by atoms with Gasteiger partial charge in [-0.1, -0.05) is 27.7 Å². The number of isocyanates is 2. The van der Waals surface area contributed by atoms with Crippen LogP contribution in [0.15, 0.2) is 0 Å². The summed E-state index contributed by atoms with van der Waals surface area (Å²) in [4.78, 5) is 27.8. The molecule has 0 rings (SSSR count). The van der Waals surface area contributed by atoms with E-state index < -0.39 is 0 Å². The molecule has 0 aliphatic heterocycles. The number of hydrogen-bond donors (Lipinski definition) is 2. The molecule has 0 aliphatic rings. The number of nitrogens with one attached hydrogen (secondary N) is 2. The molecule has 2 N–H and O–H groups in total. The van der Waals surface area contributed by atoms with Crippen LogP contribution in [0.5, 0.6) is 0 Å². The summed E-state index contributed by atoms with van der Waals surface area (Å²) < 4.78 is 0. The van der Waals surface area contributed by atoms with Gasteiger partial charge < -0.3 is 0 Å². The van der Waals surface area contributed by atoms with Crippen LogP contribution in [0.25, 0.3) is 0 Å². The first-order chi connectivity index (χ1) is 7.35. The number of ketones is 1. The molecule has 0 aromatic rings. The average Bonchev–Trinajstić information content (AvgIpc) is 2.02. The SMILES string of the molecule is CC(C)CC(=O)CC(C)C.N=C=O.N=C=O. The van der Waals surface area contributed by atoms with Gasteiger partial charge in [-0.2, -0.15) is 0 Å². The van der Waals surface area contributed by atoms with E-state index in [-0.39, 0.29) is 0 Å². The van der Waals surface area contributed by atoms with Crippen LogP contribution in [0.4, 0.5) is 0 Å². The van der Waals surface area contributed by atoms with E-state index in [1.807, 2.05) is 0 Å². The number of carbonyl (C=O) groups is 1. The third kappa shape index (κ3) is 39.3. The van der Waals surface area contributed by atoms with Crippen molar-refractivity contribution in [2.24, 2.45) is 11.8 Å². The Hall–Kier alpha value is -1.57. The number of rotatable bonds is 4. The number of Topliss-reactive ketones (excluding diaryl/α,β-unsaturated/α-hetero) is 1. The van der Waals surface area contributed by atoms with Crippen LogP contribution in [0.3, 0.4) is 0 Å². The van der Waals surface area contributed by atoms with Crippen molar-refractivity contribution in [1.82, 2.24) is 0 Å². The Bertz CT molecular complexity index is 212. The lowest BCUT2D eigenvalue weighted by molar-refractivity contribution is -0.120. The topological polar surface area (TPSA) is 98.9 Å². The van der Waals surface area contributed by atoms with Crippen molar-refractivity contribution in [3.05, 3.63) is 0 Å². The van der Waals surface area contributed by atoms with Gasteiger partial charge in [-0.05, 0) is 11.8 Å². The molecule has 0 spiro atoms. The van der Waals surface area contributed by atoms with E-state index >= 15 is 0 Å². The first-order valence-electron chi connectivity index (χ1n) is 4.95. The predicted octanol–water partition coefficient (Wildman–Crippen LogP) is 2.45. The fourth-order valence-corrected chi connectivity index (χ4v) is 0.994. The van der Waals surface area contributed by atoms with Gasteiger partial charge in [0.25, 0.3) is 0 Å². The number of hydrogen-bond acceptors (Lipinski definition) is 5. The van der Waals surface area contributed by atoms with Crippen molar-refractivity contribution >= 4 is 17.9 Å². The van der Waals surface area contributed by atoms with Gasteiger partial charge in [0.05, 0.1) is 0 Å². The van der Waals surface area contributed by atoms with E-state index in [0.717, 1.165) is 25.0 Å². The van der Waals surface area contributed by atoms with Gasteiger partial charge in [0.15, 0.2) is 0 Å². The summed E-state index contributed by atoms with van der Waals surface area (Å²) in [5.41, 5.74) is 0. The summed E-state index contributed by atoms with van der Waals surface area (Å²) in [5, 5.41) is 10.8. The zero-order valence-electron chi connectivity index (χ0n) is 10.3. The van der Waals surface area contributed by atoms with Crippen molar-refractivity contribution in [3.8, 4) is 0 Å². The van der Waals surface area contributed by atoms with E-state index in [9.17, 15) is 4.79 Å². The molecule has 0 amide bonds. The summed E-state index contributed by atoms with van der Waals surface area (Å²) in [5.74, 6) is 1.45. The van der Waals surface area contributed by atoms with Crippen molar-refractivity contribution in [2.45, 2.75) is 40.5 Å². The van der Waals surface area contributed by atoms with E-state index in [2.05, 4.69) is 27.7 Å². The van der Waals surface area contributed by atoms with Crippen LogP contribution in [0.2, 0.25) is 0 Å². The monoisotopic (exact) mass is 228 g/mol. The minimum Gasteiger partial charge on any atom is -0.300 e. The normalized spacial score (nSPS) is 7.88. The Labute approximate surface area is 96.3 Å². The Morgan fingerprint density at radius 1 is 0.938 bits per heavy atom. The molecule has 5 heteroatoms. The van der Waals surface area contributed by atoms with Crippen LogP contribution in [-0.2, 0) is 14.4 Å². The summed E-state index contributed by atoms with van der Waals surface area (Å²) in [7, 11) is 0. The van der Waals surface area contributed by atoms with E-state index in [1.165, 1.54) is 0 Å². The van der Waals surface area contributed by atoms with Crippen molar-refractivity contribution < 1.29 is 14.4 Å². The molecule has 16 heavy (non-hydrogen) atoms. The molecule has 0 unspecified atom stereocenters. The first-order valence-corrected chi connectivity index (χ1v) is 4.95. The molecule has 0 aromatic heterocycles. The average molecular weight is 228 g/mol. The maximum Gasteiger partial charge on any atom is 0.231 e. The molecule has 0 saturated heterocycles. The second-order valence-electron chi connectivity index (χ2n) is 3.94. The summed E-state index contributed by atoms with van der Waals surface area (Å²) >= 11 is 0. The molecule has 0 fully saturated rings. The van der Waals surface area contributed by atoms with Gasteiger partial charge >= 0.3 is 0 Å². The molecule has 0 radical (unpaired) electrons. The van der Waals surface area contributed by atoms with Crippen molar-refractivity contribution in [2.75, 3.05) is 0 Å². The molecule has 0 aliphatic carbocycles. The molecule has 5 nitrogen and oxygen atoms in total. The van der Waals surface area contributed by atoms with Crippen molar-refractivity contribution in [1.29, 1.82) is 10.8 Å². The zero-order chi connectivity index (χ0) is 13.6. The standard InChI is InChI=1S/C9H18O.2CHNO/c1-7(2)5-9(10)6-8(3)4;2*2-1-3/h7-8H,5-6H2,1-4H3;2*2H. The zero-order valence-corrected chi connectivity index (χ0v) is 10.3. The van der Waals surface area contributed by atoms with Gasteiger partial charge in [-0.3, -0.25) is 4.79 Å². The lowest BCUT2D eigenvalue weighted by Gasteiger charge is -2.05. The smallest absolute Gasteiger partial charge is 0.231 e. The highest BCUT2D eigenvalue weighted by Gasteiger charge is 2.06. The van der Waals surface area contributed by atoms with Gasteiger partial charge in [-0.15, -0.1) is 0 Å². The highest BCUT2D eigenvalue weighted by molar-refractivity contribution is 5.78. The van der Waals surface area contributed by atoms with Gasteiger partial charge in [0.1, 0.15) is 5.78 Å². The van der Waals surface area contributed by atoms with Crippen LogP contribution < -0.4 is 0 Å². The fraction of sp³-hybridized carbons (Fsp3) is 0.727. The summed E-state index contributed by atoms with van der Waals surface area (Å²) in [6.45, 7) is 8.33. The highest BCUT2D eigenvalue weighted by atomic mass is 16.1. The Kier molecular flexibility index (Phi) is 19.8. The van der Waals surface area contributed by atoms with Crippen LogP contribution in [0.1, 0.15) is 40.5 Å². The molecule has 0 saturated carbocycles. The van der Waals surface area contributed by atoms with Gasteiger partial charge in [0, 0.05) is 12.8 Å². The fourth-order valence-electron chi connectivity index (χ4n) is 0.994. The van der Waals surface area contributed by atoms with E-state index in [0.29, 0.717) is 17.6 Å². The number of carbonyl (C=O) groups excluding carboxylic acids is 3. The first kappa shape index (κ1) is 19.9. The van der Waals surface area contributed by atoms with Gasteiger partial charge in [0.2, 0.25) is 12.2 Å². The summed E-state index contributed by atoms with van der Waals surface area (Å²) in [6, 6.07) is 0. The Morgan fingerprint density at radius 2 is 1.12 bits per heavy atom. The maximum atomic E-state index is 11.1. The minimum atomic E-state index is 0.407. The maximum absolute atomic E-state index is 11.1. The Morgan fingerprint density at radius 3 is 1.25 bits per heavy atom.